The van der Waals surface area contributed by atoms with Gasteiger partial charge in [-0.15, -0.1) is 11.6 Å². The van der Waals surface area contributed by atoms with Gasteiger partial charge in [0.05, 0.1) is 11.6 Å². The smallest absolute Gasteiger partial charge is 0.244 e. The van der Waals surface area contributed by atoms with Crippen LogP contribution in [0.25, 0.3) is 0 Å². The third-order valence-corrected chi connectivity index (χ3v) is 3.83. The molecule has 13 heavy (non-hydrogen) atoms. The van der Waals surface area contributed by atoms with Gasteiger partial charge in [-0.25, -0.2) is 13.8 Å². The summed E-state index contributed by atoms with van der Waals surface area (Å²) in [6, 6.07) is 1.36. The highest BCUT2D eigenvalue weighted by Gasteiger charge is 2.15. The van der Waals surface area contributed by atoms with E-state index in [0.29, 0.717) is 8.17 Å². The lowest BCUT2D eigenvalue weighted by Crippen LogP contribution is -1.98. The lowest BCUT2D eigenvalue weighted by Gasteiger charge is -2.06. The molecule has 0 aliphatic carbocycles. The van der Waals surface area contributed by atoms with E-state index in [1.165, 1.54) is 6.07 Å². The Labute approximate surface area is 101 Å². The molecule has 0 aromatic carbocycles. The second kappa shape index (κ2) is 4.84. The first-order valence-corrected chi connectivity index (χ1v) is 5.65. The van der Waals surface area contributed by atoms with Crippen molar-refractivity contribution in [1.82, 2.24) is 4.98 Å². The number of aromatic nitrogens is 1. The standard InChI is InChI=1S/C7H4BrClF2IN/c8-4-1-3(6(10)11)5(2-9)13-7(4)12/h1,6H,2H2. The van der Waals surface area contributed by atoms with Gasteiger partial charge in [0.1, 0.15) is 3.70 Å². The fourth-order valence-electron chi connectivity index (χ4n) is 0.812. The molecule has 0 spiro atoms. The van der Waals surface area contributed by atoms with Crippen LogP contribution < -0.4 is 0 Å². The molecule has 0 aliphatic rings. The maximum absolute atomic E-state index is 12.4. The summed E-state index contributed by atoms with van der Waals surface area (Å²) in [5.74, 6) is 0.00293. The number of hydrogen-bond acceptors (Lipinski definition) is 1. The molecule has 0 saturated carbocycles. The van der Waals surface area contributed by atoms with Gasteiger partial charge in [0, 0.05) is 10.0 Å². The average molecular weight is 382 g/mol. The molecule has 1 aromatic heterocycles. The van der Waals surface area contributed by atoms with Crippen molar-refractivity contribution in [3.63, 3.8) is 0 Å². The first-order chi connectivity index (χ1) is 6.06. The number of rotatable bonds is 2. The fraction of sp³-hybridized carbons (Fsp3) is 0.286. The van der Waals surface area contributed by atoms with Crippen molar-refractivity contribution in [3.05, 3.63) is 25.5 Å². The van der Waals surface area contributed by atoms with Gasteiger partial charge < -0.3 is 0 Å². The Bertz CT molecular complexity index is 322. The molecule has 0 amide bonds. The van der Waals surface area contributed by atoms with E-state index in [4.69, 9.17) is 11.6 Å². The number of hydrogen-bond donors (Lipinski definition) is 0. The third-order valence-electron chi connectivity index (χ3n) is 1.41. The maximum Gasteiger partial charge on any atom is 0.265 e. The lowest BCUT2D eigenvalue weighted by atomic mass is 10.2. The van der Waals surface area contributed by atoms with Crippen molar-refractivity contribution < 1.29 is 8.78 Å². The van der Waals surface area contributed by atoms with E-state index in [9.17, 15) is 8.78 Å². The summed E-state index contributed by atoms with van der Waals surface area (Å²) >= 11 is 10.6. The summed E-state index contributed by atoms with van der Waals surface area (Å²) < 4.78 is 26.0. The Morgan fingerprint density at radius 3 is 2.69 bits per heavy atom. The molecule has 0 unspecified atom stereocenters. The minimum atomic E-state index is -2.53. The number of nitrogens with zero attached hydrogens (tertiary/aromatic N) is 1. The van der Waals surface area contributed by atoms with E-state index >= 15 is 0 Å². The van der Waals surface area contributed by atoms with Gasteiger partial charge in [-0.3, -0.25) is 0 Å². The Balaban J connectivity index is 3.25. The third kappa shape index (κ3) is 2.73. The van der Waals surface area contributed by atoms with Gasteiger partial charge in [-0.1, -0.05) is 0 Å². The topological polar surface area (TPSA) is 12.9 Å². The summed E-state index contributed by atoms with van der Waals surface area (Å²) in [7, 11) is 0. The quantitative estimate of drug-likeness (QED) is 0.426. The van der Waals surface area contributed by atoms with Crippen molar-refractivity contribution in [2.24, 2.45) is 0 Å². The van der Waals surface area contributed by atoms with Gasteiger partial charge in [0.2, 0.25) is 0 Å². The highest BCUT2D eigenvalue weighted by molar-refractivity contribution is 14.1. The normalized spacial score (nSPS) is 10.9. The summed E-state index contributed by atoms with van der Waals surface area (Å²) in [6.07, 6.45) is -2.53. The van der Waals surface area contributed by atoms with Crippen LogP contribution >= 0.6 is 50.1 Å². The van der Waals surface area contributed by atoms with Crippen LogP contribution in [0.4, 0.5) is 8.78 Å². The molecule has 1 rings (SSSR count). The van der Waals surface area contributed by atoms with E-state index in [0.717, 1.165) is 0 Å². The van der Waals surface area contributed by atoms with Gasteiger partial charge in [-0.05, 0) is 44.6 Å². The molecule has 0 bridgehead atoms. The van der Waals surface area contributed by atoms with Gasteiger partial charge in [0.15, 0.2) is 0 Å². The first kappa shape index (κ1) is 11.6. The molecular weight excluding hydrogens is 378 g/mol. The monoisotopic (exact) mass is 381 g/mol. The van der Waals surface area contributed by atoms with E-state index < -0.39 is 6.43 Å². The zero-order valence-corrected chi connectivity index (χ0v) is 10.7. The van der Waals surface area contributed by atoms with Crippen LogP contribution in [-0.2, 0) is 5.88 Å². The van der Waals surface area contributed by atoms with Crippen molar-refractivity contribution in [1.29, 1.82) is 0 Å². The van der Waals surface area contributed by atoms with E-state index in [1.54, 1.807) is 0 Å². The zero-order valence-electron chi connectivity index (χ0n) is 6.20. The Kier molecular flexibility index (Phi) is 4.31. The van der Waals surface area contributed by atoms with Crippen LogP contribution in [0.1, 0.15) is 17.7 Å². The Morgan fingerprint density at radius 1 is 1.62 bits per heavy atom. The Morgan fingerprint density at radius 2 is 2.23 bits per heavy atom. The summed E-state index contributed by atoms with van der Waals surface area (Å²) in [6.45, 7) is 0. The molecule has 1 nitrogen and oxygen atoms in total. The molecule has 0 fully saturated rings. The zero-order chi connectivity index (χ0) is 10.0. The van der Waals surface area contributed by atoms with Crippen LogP contribution in [0, 0.1) is 3.70 Å². The summed E-state index contributed by atoms with van der Waals surface area (Å²) in [4.78, 5) is 3.94. The molecule has 0 radical (unpaired) electrons. The maximum atomic E-state index is 12.4. The predicted molar refractivity (Wildman–Crippen MR) is 59.2 cm³/mol. The SMILES string of the molecule is FC(F)c1cc(Br)c(I)nc1CCl. The van der Waals surface area contributed by atoms with Crippen LogP contribution in [-0.4, -0.2) is 4.98 Å². The molecule has 6 heteroatoms. The van der Waals surface area contributed by atoms with Gasteiger partial charge in [0.25, 0.3) is 6.43 Å². The van der Waals surface area contributed by atoms with Crippen molar-refractivity contribution in [2.45, 2.75) is 12.3 Å². The minimum Gasteiger partial charge on any atom is -0.244 e. The van der Waals surface area contributed by atoms with Crippen molar-refractivity contribution in [3.8, 4) is 0 Å². The molecule has 1 aromatic rings. The second-order valence-electron chi connectivity index (χ2n) is 2.23. The average Bonchev–Trinajstić information content (AvgIpc) is 2.08. The first-order valence-electron chi connectivity index (χ1n) is 3.25. The van der Waals surface area contributed by atoms with Crippen molar-refractivity contribution in [2.75, 3.05) is 0 Å². The van der Waals surface area contributed by atoms with E-state index in [-0.39, 0.29) is 17.1 Å². The van der Waals surface area contributed by atoms with Gasteiger partial charge >= 0.3 is 0 Å². The molecule has 0 aliphatic heterocycles. The molecule has 0 saturated heterocycles. The van der Waals surface area contributed by atoms with E-state index in [1.807, 2.05) is 22.6 Å². The van der Waals surface area contributed by atoms with Crippen LogP contribution in [0.3, 0.4) is 0 Å². The lowest BCUT2D eigenvalue weighted by molar-refractivity contribution is 0.150. The highest BCUT2D eigenvalue weighted by atomic mass is 127. The summed E-state index contributed by atoms with van der Waals surface area (Å²) in [5, 5.41) is 0. The fourth-order valence-corrected chi connectivity index (χ4v) is 1.81. The van der Waals surface area contributed by atoms with Crippen molar-refractivity contribution >= 4 is 50.1 Å². The van der Waals surface area contributed by atoms with Crippen LogP contribution in [0.2, 0.25) is 0 Å². The minimum absolute atomic E-state index is 0.00293. The molecular formula is C7H4BrClF2IN. The molecule has 1 heterocycles. The summed E-state index contributed by atoms with van der Waals surface area (Å²) in [5.41, 5.74) is 0.131. The number of pyridine rings is 1. The van der Waals surface area contributed by atoms with Gasteiger partial charge in [-0.2, -0.15) is 0 Å². The second-order valence-corrected chi connectivity index (χ2v) is 4.37. The highest BCUT2D eigenvalue weighted by Crippen LogP contribution is 2.28. The van der Waals surface area contributed by atoms with Crippen LogP contribution in [0.5, 0.6) is 0 Å². The molecule has 0 N–H and O–H groups in total. The molecule has 72 valence electrons. The predicted octanol–water partition coefficient (Wildman–Crippen LogP) is 4.13. The van der Waals surface area contributed by atoms with Crippen LogP contribution in [0.15, 0.2) is 10.5 Å². The number of alkyl halides is 3. The van der Waals surface area contributed by atoms with E-state index in [2.05, 4.69) is 20.9 Å². The largest absolute Gasteiger partial charge is 0.265 e. The number of halogens is 5. The molecule has 0 atom stereocenters. The Hall–Kier alpha value is 0.510.